The number of aliphatic hydroxyl groups excluding tert-OH is 1. The zero-order valence-electron chi connectivity index (χ0n) is 18.3. The number of hydrogen-bond donors (Lipinski definition) is 1. The van der Waals surface area contributed by atoms with Crippen LogP contribution < -0.4 is 29.6 Å². The second-order valence-electron chi connectivity index (χ2n) is 7.81. The predicted octanol–water partition coefficient (Wildman–Crippen LogP) is 2.94. The third-order valence-electron chi connectivity index (χ3n) is 5.24. The van der Waals surface area contributed by atoms with Gasteiger partial charge in [-0.05, 0) is 32.1 Å². The van der Waals surface area contributed by atoms with Gasteiger partial charge in [0.2, 0.25) is 0 Å². The van der Waals surface area contributed by atoms with Crippen LogP contribution in [0.5, 0.6) is 0 Å². The number of unbranched alkanes of at least 4 members (excludes halogenated alkanes) is 10. The predicted molar refractivity (Wildman–Crippen MR) is 109 cm³/mol. The second kappa shape index (κ2) is 20.2. The van der Waals surface area contributed by atoms with Gasteiger partial charge in [0.15, 0.2) is 0 Å². The minimum absolute atomic E-state index is 0. The molecule has 0 aromatic heterocycles. The fraction of sp³-hybridized carbons (Fsp3) is 1.00. The Morgan fingerprint density at radius 1 is 0.667 bits per heavy atom. The van der Waals surface area contributed by atoms with Gasteiger partial charge in [-0.3, -0.25) is 0 Å². The van der Waals surface area contributed by atoms with E-state index in [1.54, 1.807) is 0 Å². The topological polar surface area (TPSA) is 77.4 Å². The van der Waals surface area contributed by atoms with Crippen LogP contribution in [0.4, 0.5) is 0 Å². The molecular weight excluding hydrogens is 371 g/mol. The molecule has 0 fully saturated rings. The average Bonchev–Trinajstić information content (AvgIpc) is 2.58. The standard InChI is InChI=1S/C21H44O4S.Na/c1-3-5-7-8-9-10-11-12-13-14-16-20(22)17-15-19-21(18-6-4-2)26(23,24)25;/h20-22H,3-19H2,1-2H3,(H,23,24,25);/q;+1/p-1. The van der Waals surface area contributed by atoms with Gasteiger partial charge in [-0.2, -0.15) is 0 Å². The molecule has 0 aromatic carbocycles. The van der Waals surface area contributed by atoms with E-state index in [0.29, 0.717) is 25.7 Å². The van der Waals surface area contributed by atoms with Crippen LogP contribution in [-0.2, 0) is 10.1 Å². The number of rotatable bonds is 19. The molecule has 0 heterocycles. The fourth-order valence-corrected chi connectivity index (χ4v) is 4.37. The Labute approximate surface area is 191 Å². The largest absolute Gasteiger partial charge is 1.00 e. The molecule has 6 heteroatoms. The third kappa shape index (κ3) is 19.9. The van der Waals surface area contributed by atoms with Gasteiger partial charge in [-0.1, -0.05) is 90.9 Å². The second-order valence-corrected chi connectivity index (χ2v) is 9.46. The summed E-state index contributed by atoms with van der Waals surface area (Å²) < 4.78 is 33.8. The molecule has 0 spiro atoms. The van der Waals surface area contributed by atoms with Gasteiger partial charge in [0.05, 0.1) is 16.2 Å². The zero-order valence-corrected chi connectivity index (χ0v) is 21.1. The van der Waals surface area contributed by atoms with Gasteiger partial charge >= 0.3 is 29.6 Å². The SMILES string of the molecule is CCCCCCCCCCCCC(O)CCCC(CCCC)S(=O)(=O)[O-].[Na+]. The first-order valence-electron chi connectivity index (χ1n) is 11.0. The molecule has 158 valence electrons. The molecule has 0 radical (unpaired) electrons. The van der Waals surface area contributed by atoms with Crippen LogP contribution in [0.2, 0.25) is 0 Å². The summed E-state index contributed by atoms with van der Waals surface area (Å²) in [6.45, 7) is 4.23. The maximum Gasteiger partial charge on any atom is 1.00 e. The van der Waals surface area contributed by atoms with E-state index in [9.17, 15) is 18.1 Å². The summed E-state index contributed by atoms with van der Waals surface area (Å²) in [4.78, 5) is 0. The molecule has 2 atom stereocenters. The molecule has 0 saturated carbocycles. The van der Waals surface area contributed by atoms with Crippen molar-refractivity contribution in [3.05, 3.63) is 0 Å². The summed E-state index contributed by atoms with van der Waals surface area (Å²) in [6, 6.07) is 0. The van der Waals surface area contributed by atoms with Gasteiger partial charge in [0.25, 0.3) is 0 Å². The van der Waals surface area contributed by atoms with Crippen LogP contribution in [0.3, 0.4) is 0 Å². The van der Waals surface area contributed by atoms with Gasteiger partial charge in [0, 0.05) is 5.25 Å². The molecule has 0 bridgehead atoms. The van der Waals surface area contributed by atoms with Crippen molar-refractivity contribution in [3.8, 4) is 0 Å². The van der Waals surface area contributed by atoms with Crippen molar-refractivity contribution in [2.45, 2.75) is 134 Å². The van der Waals surface area contributed by atoms with Crippen molar-refractivity contribution >= 4 is 10.1 Å². The molecule has 2 unspecified atom stereocenters. The minimum Gasteiger partial charge on any atom is -0.748 e. The van der Waals surface area contributed by atoms with E-state index in [1.807, 2.05) is 6.92 Å². The normalized spacial score (nSPS) is 13.9. The fourth-order valence-electron chi connectivity index (χ4n) is 3.46. The summed E-state index contributed by atoms with van der Waals surface area (Å²) in [5.41, 5.74) is 0. The van der Waals surface area contributed by atoms with Crippen LogP contribution in [0.25, 0.3) is 0 Å². The maximum atomic E-state index is 11.3. The van der Waals surface area contributed by atoms with E-state index in [4.69, 9.17) is 0 Å². The van der Waals surface area contributed by atoms with E-state index < -0.39 is 15.4 Å². The Morgan fingerprint density at radius 3 is 1.56 bits per heavy atom. The summed E-state index contributed by atoms with van der Waals surface area (Å²) in [5.74, 6) is 0. The first-order valence-corrected chi connectivity index (χ1v) is 12.5. The van der Waals surface area contributed by atoms with E-state index in [1.165, 1.54) is 57.8 Å². The zero-order chi connectivity index (χ0) is 19.7. The molecule has 4 nitrogen and oxygen atoms in total. The van der Waals surface area contributed by atoms with Gasteiger partial charge in [-0.25, -0.2) is 8.42 Å². The van der Waals surface area contributed by atoms with Crippen LogP contribution in [0.1, 0.15) is 123 Å². The van der Waals surface area contributed by atoms with Crippen molar-refractivity contribution in [1.29, 1.82) is 0 Å². The number of aliphatic hydroxyl groups is 1. The smallest absolute Gasteiger partial charge is 0.748 e. The molecule has 0 aliphatic rings. The van der Waals surface area contributed by atoms with Crippen molar-refractivity contribution in [1.82, 2.24) is 0 Å². The van der Waals surface area contributed by atoms with E-state index in [-0.39, 0.29) is 35.7 Å². The quantitative estimate of drug-likeness (QED) is 0.200. The summed E-state index contributed by atoms with van der Waals surface area (Å²) in [5, 5.41) is 9.27. The molecule has 0 saturated heterocycles. The molecule has 27 heavy (non-hydrogen) atoms. The maximum absolute atomic E-state index is 11.3. The molecule has 0 aliphatic heterocycles. The van der Waals surface area contributed by atoms with Gasteiger partial charge < -0.3 is 9.66 Å². The Balaban J connectivity index is 0. The molecule has 0 aliphatic carbocycles. The van der Waals surface area contributed by atoms with E-state index >= 15 is 0 Å². The monoisotopic (exact) mass is 414 g/mol. The van der Waals surface area contributed by atoms with Crippen molar-refractivity contribution in [3.63, 3.8) is 0 Å². The molecular formula is C21H43NaO4S. The minimum atomic E-state index is -4.20. The molecule has 0 amide bonds. The average molecular weight is 415 g/mol. The van der Waals surface area contributed by atoms with Crippen LogP contribution in [-0.4, -0.2) is 29.4 Å². The Hall–Kier alpha value is 0.870. The van der Waals surface area contributed by atoms with Crippen LogP contribution in [0.15, 0.2) is 0 Å². The van der Waals surface area contributed by atoms with E-state index in [2.05, 4.69) is 6.92 Å². The Kier molecular flexibility index (Phi) is 22.4. The Morgan fingerprint density at radius 2 is 1.07 bits per heavy atom. The molecule has 0 aromatic rings. The van der Waals surface area contributed by atoms with Crippen molar-refractivity contribution < 1.29 is 47.6 Å². The third-order valence-corrected chi connectivity index (χ3v) is 6.53. The van der Waals surface area contributed by atoms with Crippen LogP contribution in [0, 0.1) is 0 Å². The first kappa shape index (κ1) is 30.1. The molecule has 0 rings (SSSR count). The van der Waals surface area contributed by atoms with Crippen molar-refractivity contribution in [2.24, 2.45) is 0 Å². The van der Waals surface area contributed by atoms with Crippen LogP contribution >= 0.6 is 0 Å². The van der Waals surface area contributed by atoms with Gasteiger partial charge in [0.1, 0.15) is 0 Å². The Bertz CT molecular complexity index is 401. The van der Waals surface area contributed by atoms with Crippen molar-refractivity contribution in [2.75, 3.05) is 0 Å². The number of hydrogen-bond acceptors (Lipinski definition) is 4. The summed E-state index contributed by atoms with van der Waals surface area (Å²) >= 11 is 0. The van der Waals surface area contributed by atoms with E-state index in [0.717, 1.165) is 25.7 Å². The summed E-state index contributed by atoms with van der Waals surface area (Å²) in [7, 11) is -4.20. The molecule has 1 N–H and O–H groups in total. The first-order chi connectivity index (χ1) is 12.4. The van der Waals surface area contributed by atoms with Gasteiger partial charge in [-0.15, -0.1) is 0 Å². The summed E-state index contributed by atoms with van der Waals surface area (Å²) in [6.07, 6.45) is 17.0.